The minimum absolute atomic E-state index is 0.316. The molecule has 0 radical (unpaired) electrons. The molecule has 1 aromatic heterocycles. The van der Waals surface area contributed by atoms with Gasteiger partial charge in [0.2, 0.25) is 5.95 Å². The van der Waals surface area contributed by atoms with Gasteiger partial charge in [-0.25, -0.2) is 14.8 Å². The Bertz CT molecular complexity index is 608. The molecule has 0 fully saturated rings. The second-order valence-corrected chi connectivity index (χ2v) is 4.90. The molecule has 20 heavy (non-hydrogen) atoms. The quantitative estimate of drug-likeness (QED) is 0.893. The lowest BCUT2D eigenvalue weighted by atomic mass is 9.92. The van der Waals surface area contributed by atoms with Gasteiger partial charge >= 0.3 is 5.97 Å². The number of carboxylic acids is 1. The van der Waals surface area contributed by atoms with Crippen molar-refractivity contribution >= 4 is 11.9 Å². The molecule has 2 N–H and O–H groups in total. The predicted octanol–water partition coefficient (Wildman–Crippen LogP) is 2.51. The van der Waals surface area contributed by atoms with Crippen LogP contribution in [0, 0.1) is 13.8 Å². The van der Waals surface area contributed by atoms with Crippen molar-refractivity contribution in [2.45, 2.75) is 26.3 Å². The fraction of sp³-hybridized carbons (Fsp3) is 0.267. The van der Waals surface area contributed by atoms with Crippen LogP contribution >= 0.6 is 0 Å². The number of carbonyl (C=O) groups is 1. The van der Waals surface area contributed by atoms with Crippen molar-refractivity contribution in [2.24, 2.45) is 0 Å². The number of carboxylic acid groups (broad SMARTS) is 1. The maximum absolute atomic E-state index is 11.7. The van der Waals surface area contributed by atoms with E-state index >= 15 is 0 Å². The molecule has 0 aliphatic carbocycles. The zero-order valence-corrected chi connectivity index (χ0v) is 11.7. The summed E-state index contributed by atoms with van der Waals surface area (Å²) in [6, 6.07) is 10.8. The van der Waals surface area contributed by atoms with Crippen molar-refractivity contribution in [3.63, 3.8) is 0 Å². The Balaban J connectivity index is 2.42. The molecule has 5 heteroatoms. The molecule has 104 valence electrons. The number of benzene rings is 1. The Morgan fingerprint density at radius 2 is 1.70 bits per heavy atom. The van der Waals surface area contributed by atoms with E-state index in [9.17, 15) is 9.90 Å². The third-order valence-electron chi connectivity index (χ3n) is 3.12. The van der Waals surface area contributed by atoms with Crippen LogP contribution in [0.3, 0.4) is 0 Å². The summed E-state index contributed by atoms with van der Waals surface area (Å²) in [4.78, 5) is 20.2. The molecular weight excluding hydrogens is 254 g/mol. The lowest BCUT2D eigenvalue weighted by Crippen LogP contribution is -2.41. The summed E-state index contributed by atoms with van der Waals surface area (Å²) in [5.41, 5.74) is 0.957. The zero-order chi connectivity index (χ0) is 14.8. The highest BCUT2D eigenvalue weighted by molar-refractivity contribution is 5.83. The molecule has 1 atom stereocenters. The number of aryl methyl sites for hydroxylation is 2. The van der Waals surface area contributed by atoms with E-state index in [0.717, 1.165) is 11.4 Å². The lowest BCUT2D eigenvalue weighted by Gasteiger charge is -2.27. The summed E-state index contributed by atoms with van der Waals surface area (Å²) in [6.07, 6.45) is 0. The highest BCUT2D eigenvalue weighted by Gasteiger charge is 2.35. The minimum Gasteiger partial charge on any atom is -0.479 e. The summed E-state index contributed by atoms with van der Waals surface area (Å²) in [5.74, 6) is -0.664. The van der Waals surface area contributed by atoms with Crippen molar-refractivity contribution in [3.8, 4) is 0 Å². The minimum atomic E-state index is -1.28. The molecule has 0 aliphatic rings. The van der Waals surface area contributed by atoms with Gasteiger partial charge in [0.1, 0.15) is 0 Å². The van der Waals surface area contributed by atoms with Gasteiger partial charge in [-0.05, 0) is 32.4 Å². The van der Waals surface area contributed by atoms with Crippen molar-refractivity contribution in [2.75, 3.05) is 5.32 Å². The molecule has 1 aromatic carbocycles. The third kappa shape index (κ3) is 2.77. The van der Waals surface area contributed by atoms with Crippen LogP contribution in [0.25, 0.3) is 0 Å². The van der Waals surface area contributed by atoms with Crippen molar-refractivity contribution < 1.29 is 9.90 Å². The molecule has 2 aromatic rings. The number of rotatable bonds is 4. The van der Waals surface area contributed by atoms with Gasteiger partial charge in [0.15, 0.2) is 5.54 Å². The number of aromatic nitrogens is 2. The van der Waals surface area contributed by atoms with Crippen LogP contribution in [0.5, 0.6) is 0 Å². The first kappa shape index (κ1) is 14.0. The maximum atomic E-state index is 11.7. The standard InChI is InChI=1S/C15H17N3O2/c1-10-9-11(2)17-14(16-10)18-15(3,13(19)20)12-7-5-4-6-8-12/h4-9H,1-3H3,(H,19,20)(H,16,17,18). The summed E-state index contributed by atoms with van der Waals surface area (Å²) < 4.78 is 0. The van der Waals surface area contributed by atoms with Gasteiger partial charge in [-0.1, -0.05) is 30.3 Å². The topological polar surface area (TPSA) is 75.1 Å². The van der Waals surface area contributed by atoms with Crippen LogP contribution in [0.2, 0.25) is 0 Å². The number of hydrogen-bond acceptors (Lipinski definition) is 4. The Morgan fingerprint density at radius 1 is 1.15 bits per heavy atom. The monoisotopic (exact) mass is 271 g/mol. The normalized spacial score (nSPS) is 13.6. The maximum Gasteiger partial charge on any atom is 0.333 e. The van der Waals surface area contributed by atoms with Crippen LogP contribution in [0.15, 0.2) is 36.4 Å². The van der Waals surface area contributed by atoms with Crippen molar-refractivity contribution in [1.82, 2.24) is 9.97 Å². The largest absolute Gasteiger partial charge is 0.479 e. The van der Waals surface area contributed by atoms with Crippen LogP contribution < -0.4 is 5.32 Å². The molecule has 0 amide bonds. The third-order valence-corrected chi connectivity index (χ3v) is 3.12. The molecular formula is C15H17N3O2. The Hall–Kier alpha value is -2.43. The molecule has 1 unspecified atom stereocenters. The molecule has 1 heterocycles. The van der Waals surface area contributed by atoms with Gasteiger partial charge in [-0.15, -0.1) is 0 Å². The molecule has 0 aliphatic heterocycles. The van der Waals surface area contributed by atoms with E-state index < -0.39 is 11.5 Å². The van der Waals surface area contributed by atoms with E-state index in [1.165, 1.54) is 0 Å². The molecule has 2 rings (SSSR count). The van der Waals surface area contributed by atoms with Crippen LogP contribution in [-0.4, -0.2) is 21.0 Å². The summed E-state index contributed by atoms with van der Waals surface area (Å²) in [5, 5.41) is 12.5. The van der Waals surface area contributed by atoms with Crippen LogP contribution in [-0.2, 0) is 10.3 Å². The van der Waals surface area contributed by atoms with Gasteiger partial charge in [0.05, 0.1) is 0 Å². The number of anilines is 1. The molecule has 0 spiro atoms. The number of nitrogens with one attached hydrogen (secondary N) is 1. The average molecular weight is 271 g/mol. The first-order valence-corrected chi connectivity index (χ1v) is 6.31. The van der Waals surface area contributed by atoms with Gasteiger partial charge in [-0.3, -0.25) is 0 Å². The van der Waals surface area contributed by atoms with Crippen molar-refractivity contribution in [1.29, 1.82) is 0 Å². The highest BCUT2D eigenvalue weighted by Crippen LogP contribution is 2.25. The van der Waals surface area contributed by atoms with Gasteiger partial charge in [0.25, 0.3) is 0 Å². The SMILES string of the molecule is Cc1cc(C)nc(NC(C)(C(=O)O)c2ccccc2)n1. The van der Waals surface area contributed by atoms with E-state index in [1.54, 1.807) is 31.2 Å². The van der Waals surface area contributed by atoms with E-state index in [0.29, 0.717) is 11.5 Å². The van der Waals surface area contributed by atoms with Crippen LogP contribution in [0.4, 0.5) is 5.95 Å². The Morgan fingerprint density at radius 3 is 2.20 bits per heavy atom. The van der Waals surface area contributed by atoms with Crippen molar-refractivity contribution in [3.05, 3.63) is 53.3 Å². The second-order valence-electron chi connectivity index (χ2n) is 4.90. The fourth-order valence-corrected chi connectivity index (χ4v) is 2.03. The second kappa shape index (κ2) is 5.28. The zero-order valence-electron chi connectivity index (χ0n) is 11.7. The molecule has 0 saturated heterocycles. The summed E-state index contributed by atoms with van der Waals surface area (Å²) >= 11 is 0. The van der Waals surface area contributed by atoms with Gasteiger partial charge in [0, 0.05) is 11.4 Å². The van der Waals surface area contributed by atoms with E-state index in [4.69, 9.17) is 0 Å². The predicted molar refractivity (Wildman–Crippen MR) is 76.6 cm³/mol. The van der Waals surface area contributed by atoms with E-state index in [1.807, 2.05) is 26.0 Å². The fourth-order valence-electron chi connectivity index (χ4n) is 2.03. The number of nitrogens with zero attached hydrogens (tertiary/aromatic N) is 2. The highest BCUT2D eigenvalue weighted by atomic mass is 16.4. The van der Waals surface area contributed by atoms with Crippen LogP contribution in [0.1, 0.15) is 23.9 Å². The Labute approximate surface area is 117 Å². The average Bonchev–Trinajstić information content (AvgIpc) is 2.38. The first-order valence-electron chi connectivity index (χ1n) is 6.31. The molecule has 0 saturated carbocycles. The first-order chi connectivity index (χ1) is 9.41. The van der Waals surface area contributed by atoms with E-state index in [2.05, 4.69) is 15.3 Å². The summed E-state index contributed by atoms with van der Waals surface area (Å²) in [7, 11) is 0. The van der Waals surface area contributed by atoms with E-state index in [-0.39, 0.29) is 0 Å². The summed E-state index contributed by atoms with van der Waals surface area (Å²) in [6.45, 7) is 5.30. The molecule has 5 nitrogen and oxygen atoms in total. The smallest absolute Gasteiger partial charge is 0.333 e. The van der Waals surface area contributed by atoms with Gasteiger partial charge in [-0.2, -0.15) is 0 Å². The lowest BCUT2D eigenvalue weighted by molar-refractivity contribution is -0.142. The van der Waals surface area contributed by atoms with Gasteiger partial charge < -0.3 is 10.4 Å². The number of aliphatic carboxylic acids is 1. The number of hydrogen-bond donors (Lipinski definition) is 2. The molecule has 0 bridgehead atoms. The Kier molecular flexibility index (Phi) is 3.70.